The van der Waals surface area contributed by atoms with Crippen molar-refractivity contribution >= 4 is 34.2 Å². The highest BCUT2D eigenvalue weighted by Gasteiger charge is 2.17. The first-order valence-corrected chi connectivity index (χ1v) is 9.37. The topological polar surface area (TPSA) is 77.8 Å². The van der Waals surface area contributed by atoms with Crippen molar-refractivity contribution < 1.29 is 18.7 Å². The third-order valence-electron chi connectivity index (χ3n) is 4.34. The van der Waals surface area contributed by atoms with Gasteiger partial charge in [0.1, 0.15) is 22.6 Å². The van der Waals surface area contributed by atoms with Crippen molar-refractivity contribution in [3.63, 3.8) is 0 Å². The maximum Gasteiger partial charge on any atom is 0.349 e. The quantitative estimate of drug-likeness (QED) is 0.430. The molecule has 1 N–H and O–H groups in total. The lowest BCUT2D eigenvalue weighted by molar-refractivity contribution is 0.102. The molecule has 4 rings (SSSR count). The van der Waals surface area contributed by atoms with Gasteiger partial charge in [0.15, 0.2) is 5.75 Å². The number of halogens is 1. The Balaban J connectivity index is 1.67. The van der Waals surface area contributed by atoms with E-state index in [1.165, 1.54) is 13.2 Å². The molecule has 3 aromatic carbocycles. The van der Waals surface area contributed by atoms with Crippen LogP contribution in [0.2, 0.25) is 5.02 Å². The van der Waals surface area contributed by atoms with Crippen LogP contribution in [0.3, 0.4) is 0 Å². The van der Waals surface area contributed by atoms with Crippen molar-refractivity contribution in [2.24, 2.45) is 0 Å². The van der Waals surface area contributed by atoms with Crippen LogP contribution in [0.15, 0.2) is 82.0 Å². The van der Waals surface area contributed by atoms with E-state index in [0.29, 0.717) is 38.9 Å². The SMILES string of the molecule is COc1ccc2oc(=O)c(C(=O)Nc3cc(Cl)ccc3Oc3ccccc3)cc2c1. The fourth-order valence-electron chi connectivity index (χ4n) is 2.88. The Bertz CT molecular complexity index is 1280. The molecule has 0 atom stereocenters. The van der Waals surface area contributed by atoms with Crippen LogP contribution in [0.4, 0.5) is 5.69 Å². The minimum Gasteiger partial charge on any atom is -0.497 e. The molecule has 7 heteroatoms. The number of rotatable bonds is 5. The number of methoxy groups -OCH3 is 1. The van der Waals surface area contributed by atoms with E-state index in [1.807, 2.05) is 18.2 Å². The molecule has 0 aliphatic heterocycles. The maximum atomic E-state index is 12.8. The van der Waals surface area contributed by atoms with Crippen LogP contribution in [-0.4, -0.2) is 13.0 Å². The van der Waals surface area contributed by atoms with Crippen molar-refractivity contribution in [2.45, 2.75) is 0 Å². The second kappa shape index (κ2) is 8.31. The van der Waals surface area contributed by atoms with Gasteiger partial charge in [-0.2, -0.15) is 0 Å². The average molecular weight is 422 g/mol. The summed E-state index contributed by atoms with van der Waals surface area (Å²) in [7, 11) is 1.53. The number of hydrogen-bond acceptors (Lipinski definition) is 5. The summed E-state index contributed by atoms with van der Waals surface area (Å²) >= 11 is 6.09. The molecule has 1 heterocycles. The number of ether oxygens (including phenoxy) is 2. The Labute approximate surface area is 176 Å². The Hall–Kier alpha value is -3.77. The standard InChI is InChI=1S/C23H16ClNO5/c1-28-17-8-10-20-14(11-17)12-18(23(27)30-20)22(26)25-19-13-15(24)7-9-21(19)29-16-5-3-2-4-6-16/h2-13H,1H3,(H,25,26). The summed E-state index contributed by atoms with van der Waals surface area (Å²) in [5.41, 5.74) is -0.228. The number of nitrogens with one attached hydrogen (secondary N) is 1. The van der Waals surface area contributed by atoms with Gasteiger partial charge in [-0.25, -0.2) is 4.79 Å². The Morgan fingerprint density at radius 2 is 1.77 bits per heavy atom. The van der Waals surface area contributed by atoms with E-state index in [-0.39, 0.29) is 5.56 Å². The zero-order valence-corrected chi connectivity index (χ0v) is 16.6. The molecule has 30 heavy (non-hydrogen) atoms. The highest BCUT2D eigenvalue weighted by Crippen LogP contribution is 2.32. The van der Waals surface area contributed by atoms with Gasteiger partial charge in [0.25, 0.3) is 5.91 Å². The molecule has 150 valence electrons. The number of carbonyl (C=O) groups is 1. The summed E-state index contributed by atoms with van der Waals surface area (Å²) in [6, 6.07) is 20.3. The molecule has 0 saturated carbocycles. The number of hydrogen-bond donors (Lipinski definition) is 1. The van der Waals surface area contributed by atoms with Gasteiger partial charge in [-0.05, 0) is 54.6 Å². The van der Waals surface area contributed by atoms with Crippen LogP contribution >= 0.6 is 11.6 Å². The molecule has 0 spiro atoms. The first-order valence-electron chi connectivity index (χ1n) is 8.99. The first kappa shape index (κ1) is 19.5. The van der Waals surface area contributed by atoms with Gasteiger partial charge >= 0.3 is 5.63 Å². The average Bonchev–Trinajstić information content (AvgIpc) is 2.75. The summed E-state index contributed by atoms with van der Waals surface area (Å²) in [4.78, 5) is 25.2. The lowest BCUT2D eigenvalue weighted by Gasteiger charge is -2.13. The maximum absolute atomic E-state index is 12.8. The molecule has 0 radical (unpaired) electrons. The largest absolute Gasteiger partial charge is 0.497 e. The number of amides is 1. The molecule has 0 saturated heterocycles. The van der Waals surface area contributed by atoms with Gasteiger partial charge in [0.2, 0.25) is 0 Å². The molecule has 0 unspecified atom stereocenters. The second-order valence-corrected chi connectivity index (χ2v) is 6.80. The van der Waals surface area contributed by atoms with Crippen molar-refractivity contribution in [1.82, 2.24) is 0 Å². The summed E-state index contributed by atoms with van der Waals surface area (Å²) in [6.45, 7) is 0. The van der Waals surface area contributed by atoms with E-state index in [2.05, 4.69) is 5.32 Å². The zero-order chi connectivity index (χ0) is 21.1. The molecule has 0 fully saturated rings. The van der Waals surface area contributed by atoms with Crippen molar-refractivity contribution in [2.75, 3.05) is 12.4 Å². The van der Waals surface area contributed by atoms with Gasteiger partial charge in [0, 0.05) is 10.4 Å². The van der Waals surface area contributed by atoms with E-state index in [9.17, 15) is 9.59 Å². The third-order valence-corrected chi connectivity index (χ3v) is 4.58. The normalized spacial score (nSPS) is 10.6. The summed E-state index contributed by atoms with van der Waals surface area (Å²) in [5, 5.41) is 3.65. The molecule has 6 nitrogen and oxygen atoms in total. The minimum atomic E-state index is -0.752. The van der Waals surface area contributed by atoms with E-state index >= 15 is 0 Å². The van der Waals surface area contributed by atoms with Crippen molar-refractivity contribution in [1.29, 1.82) is 0 Å². The van der Waals surface area contributed by atoms with Crippen LogP contribution in [0.25, 0.3) is 11.0 Å². The lowest BCUT2D eigenvalue weighted by atomic mass is 10.1. The van der Waals surface area contributed by atoms with Crippen LogP contribution in [0, 0.1) is 0 Å². The van der Waals surface area contributed by atoms with Gasteiger partial charge < -0.3 is 19.2 Å². The number of benzene rings is 3. The van der Waals surface area contributed by atoms with Crippen molar-refractivity contribution in [3.05, 3.63) is 93.8 Å². The Kier molecular flexibility index (Phi) is 5.41. The molecule has 0 aliphatic rings. The van der Waals surface area contributed by atoms with E-state index in [0.717, 1.165) is 0 Å². The molecule has 0 aliphatic carbocycles. The van der Waals surface area contributed by atoms with E-state index < -0.39 is 11.5 Å². The van der Waals surface area contributed by atoms with Crippen LogP contribution < -0.4 is 20.4 Å². The molecule has 0 bridgehead atoms. The monoisotopic (exact) mass is 421 g/mol. The fraction of sp³-hybridized carbons (Fsp3) is 0.0435. The Morgan fingerprint density at radius 3 is 2.53 bits per heavy atom. The summed E-state index contributed by atoms with van der Waals surface area (Å²) in [5.74, 6) is 0.906. The predicted molar refractivity (Wildman–Crippen MR) is 115 cm³/mol. The first-order chi connectivity index (χ1) is 14.5. The smallest absolute Gasteiger partial charge is 0.349 e. The van der Waals surface area contributed by atoms with Crippen molar-refractivity contribution in [3.8, 4) is 17.2 Å². The number of carbonyl (C=O) groups excluding carboxylic acids is 1. The van der Waals surface area contributed by atoms with Gasteiger partial charge in [-0.1, -0.05) is 29.8 Å². The van der Waals surface area contributed by atoms with Crippen LogP contribution in [0.5, 0.6) is 17.2 Å². The predicted octanol–water partition coefficient (Wildman–Crippen LogP) is 5.50. The summed E-state index contributed by atoms with van der Waals surface area (Å²) < 4.78 is 16.3. The number of para-hydroxylation sites is 1. The van der Waals surface area contributed by atoms with E-state index in [1.54, 1.807) is 48.5 Å². The van der Waals surface area contributed by atoms with Gasteiger partial charge in [0.05, 0.1) is 12.8 Å². The van der Waals surface area contributed by atoms with Gasteiger partial charge in [-0.3, -0.25) is 4.79 Å². The minimum absolute atomic E-state index is 0.151. The van der Waals surface area contributed by atoms with Gasteiger partial charge in [-0.15, -0.1) is 0 Å². The number of anilines is 1. The molecule has 4 aromatic rings. The highest BCUT2D eigenvalue weighted by atomic mass is 35.5. The van der Waals surface area contributed by atoms with Crippen LogP contribution in [0.1, 0.15) is 10.4 Å². The molecular weight excluding hydrogens is 406 g/mol. The molecule has 1 aromatic heterocycles. The second-order valence-electron chi connectivity index (χ2n) is 6.36. The number of fused-ring (bicyclic) bond motifs is 1. The third kappa shape index (κ3) is 4.14. The summed E-state index contributed by atoms with van der Waals surface area (Å²) in [6.07, 6.45) is 0. The zero-order valence-electron chi connectivity index (χ0n) is 15.8. The Morgan fingerprint density at radius 1 is 0.967 bits per heavy atom. The molecule has 1 amide bonds. The molecular formula is C23H16ClNO5. The lowest BCUT2D eigenvalue weighted by Crippen LogP contribution is -2.21. The van der Waals surface area contributed by atoms with E-state index in [4.69, 9.17) is 25.5 Å². The van der Waals surface area contributed by atoms with Crippen LogP contribution in [-0.2, 0) is 0 Å². The highest BCUT2D eigenvalue weighted by molar-refractivity contribution is 6.31. The fourth-order valence-corrected chi connectivity index (χ4v) is 3.05.